The van der Waals surface area contributed by atoms with Crippen LogP contribution >= 0.6 is 25.4 Å². The molecule has 0 spiro atoms. The maximum atomic E-state index is 6.11. The fourth-order valence-electron chi connectivity index (χ4n) is 1.68. The topological polar surface area (TPSA) is 18.5 Å². The molecule has 0 aromatic heterocycles. The summed E-state index contributed by atoms with van der Waals surface area (Å²) in [5.41, 5.74) is 2.45. The van der Waals surface area contributed by atoms with Crippen LogP contribution in [0.1, 0.15) is 31.9 Å². The molecule has 0 atom stereocenters. The van der Waals surface area contributed by atoms with Crippen molar-refractivity contribution in [2.24, 2.45) is 0 Å². The van der Waals surface area contributed by atoms with Gasteiger partial charge in [-0.15, -0.1) is 17.0 Å². The number of rotatable bonds is 4. The number of hydrogen-bond acceptors (Lipinski definition) is 2. The molecule has 0 bridgehead atoms. The maximum Gasteiger partial charge on any atom is 0.296 e. The van der Waals surface area contributed by atoms with E-state index in [4.69, 9.17) is 9.05 Å². The zero-order valence-corrected chi connectivity index (χ0v) is 16.4. The molecule has 2 rings (SSSR count). The van der Waals surface area contributed by atoms with Gasteiger partial charge in [0, 0.05) is 0 Å². The molecule has 0 saturated heterocycles. The van der Waals surface area contributed by atoms with E-state index in [1.165, 1.54) is 11.1 Å². The first-order valence-corrected chi connectivity index (χ1v) is 8.32. The summed E-state index contributed by atoms with van der Waals surface area (Å²) in [4.78, 5) is 0. The van der Waals surface area contributed by atoms with Gasteiger partial charge in [-0.25, -0.2) is 0 Å². The predicted octanol–water partition coefficient (Wildman–Crippen LogP) is 6.45. The van der Waals surface area contributed by atoms with Crippen LogP contribution in [0.3, 0.4) is 0 Å². The summed E-state index contributed by atoms with van der Waals surface area (Å²) in [5.74, 6) is 1.71. The van der Waals surface area contributed by atoms with Crippen molar-refractivity contribution in [3.8, 4) is 11.5 Å². The van der Waals surface area contributed by atoms with Crippen molar-refractivity contribution >= 4 is 25.4 Å². The van der Waals surface area contributed by atoms with Crippen molar-refractivity contribution in [1.82, 2.24) is 0 Å². The summed E-state index contributed by atoms with van der Waals surface area (Å²) in [6.45, 7) is 10.6. The van der Waals surface area contributed by atoms with Crippen LogP contribution in [-0.4, -0.2) is 5.16 Å². The Balaban J connectivity index is 0.00000242. The van der Waals surface area contributed by atoms with Crippen molar-refractivity contribution in [3.63, 3.8) is 0 Å². The number of hydrogen-bond donors (Lipinski definition) is 0. The summed E-state index contributed by atoms with van der Waals surface area (Å²) < 4.78 is 12.2. The number of halogens is 1. The zero-order chi connectivity index (χ0) is 15.5. The highest BCUT2D eigenvalue weighted by atomic mass is 79.9. The molecule has 2 aromatic carbocycles. The third-order valence-corrected chi connectivity index (χ3v) is 4.82. The Labute approximate surface area is 145 Å². The van der Waals surface area contributed by atoms with Crippen molar-refractivity contribution in [1.29, 1.82) is 0 Å². The van der Waals surface area contributed by atoms with Crippen LogP contribution in [-0.2, 0) is 0 Å². The fourth-order valence-corrected chi connectivity index (χ4v) is 2.89. The lowest BCUT2D eigenvalue weighted by Crippen LogP contribution is -2.18. The average molecular weight is 383 g/mol. The van der Waals surface area contributed by atoms with Gasteiger partial charge in [0.15, 0.2) is 0 Å². The van der Waals surface area contributed by atoms with Crippen molar-refractivity contribution in [2.45, 2.75) is 39.8 Å². The standard InChI is InChI=1S/C18H23O2P.BrH/c1-14-6-10-16(11-7-14)19-21(18(3,4)5)20-17-12-8-15(2)9-13-17;/h6-13H,1-5H3;1H. The van der Waals surface area contributed by atoms with Crippen LogP contribution in [0.4, 0.5) is 0 Å². The predicted molar refractivity (Wildman–Crippen MR) is 101 cm³/mol. The first-order valence-electron chi connectivity index (χ1n) is 7.14. The molecular weight excluding hydrogens is 359 g/mol. The van der Waals surface area contributed by atoms with Gasteiger partial charge in [0.25, 0.3) is 8.38 Å². The van der Waals surface area contributed by atoms with Gasteiger partial charge in [0.05, 0.1) is 5.16 Å². The van der Waals surface area contributed by atoms with E-state index in [-0.39, 0.29) is 22.1 Å². The van der Waals surface area contributed by atoms with E-state index in [2.05, 4.69) is 58.9 Å². The molecular formula is C18H24BrO2P. The van der Waals surface area contributed by atoms with Crippen LogP contribution in [0, 0.1) is 13.8 Å². The minimum Gasteiger partial charge on any atom is -0.438 e. The summed E-state index contributed by atoms with van der Waals surface area (Å²) in [5, 5.41) is -0.0644. The lowest BCUT2D eigenvalue weighted by atomic mass is 10.2. The summed E-state index contributed by atoms with van der Waals surface area (Å²) >= 11 is 0. The van der Waals surface area contributed by atoms with E-state index in [1.807, 2.05) is 24.3 Å². The first kappa shape index (κ1) is 19.0. The summed E-state index contributed by atoms with van der Waals surface area (Å²) in [7, 11) is -1.07. The highest BCUT2D eigenvalue weighted by Gasteiger charge is 2.31. The van der Waals surface area contributed by atoms with Gasteiger partial charge in [-0.2, -0.15) is 0 Å². The Morgan fingerprint density at radius 2 is 1.00 bits per heavy atom. The van der Waals surface area contributed by atoms with Crippen LogP contribution in [0.15, 0.2) is 48.5 Å². The van der Waals surface area contributed by atoms with Crippen LogP contribution in [0.5, 0.6) is 11.5 Å². The highest BCUT2D eigenvalue weighted by molar-refractivity contribution is 8.93. The molecule has 4 heteroatoms. The molecule has 0 aliphatic carbocycles. The number of aryl methyl sites for hydroxylation is 2. The van der Waals surface area contributed by atoms with Gasteiger partial charge in [0.1, 0.15) is 11.5 Å². The van der Waals surface area contributed by atoms with E-state index >= 15 is 0 Å². The molecule has 2 nitrogen and oxygen atoms in total. The van der Waals surface area contributed by atoms with E-state index < -0.39 is 8.38 Å². The van der Waals surface area contributed by atoms with Crippen LogP contribution in [0.25, 0.3) is 0 Å². The molecule has 0 aliphatic heterocycles. The van der Waals surface area contributed by atoms with Crippen LogP contribution < -0.4 is 9.05 Å². The first-order chi connectivity index (χ1) is 9.84. The van der Waals surface area contributed by atoms with E-state index in [0.717, 1.165) is 11.5 Å². The van der Waals surface area contributed by atoms with E-state index in [9.17, 15) is 0 Å². The smallest absolute Gasteiger partial charge is 0.296 e. The van der Waals surface area contributed by atoms with Crippen molar-refractivity contribution in [3.05, 3.63) is 59.7 Å². The Morgan fingerprint density at radius 3 is 1.27 bits per heavy atom. The minimum absolute atomic E-state index is 0. The molecule has 0 saturated carbocycles. The molecule has 0 N–H and O–H groups in total. The minimum atomic E-state index is -1.07. The van der Waals surface area contributed by atoms with Gasteiger partial charge >= 0.3 is 0 Å². The molecule has 2 aromatic rings. The quantitative estimate of drug-likeness (QED) is 0.565. The van der Waals surface area contributed by atoms with E-state index in [0.29, 0.717) is 0 Å². The third-order valence-electron chi connectivity index (χ3n) is 2.97. The summed E-state index contributed by atoms with van der Waals surface area (Å²) in [6.07, 6.45) is 0. The number of benzene rings is 2. The average Bonchev–Trinajstić information content (AvgIpc) is 2.42. The monoisotopic (exact) mass is 382 g/mol. The van der Waals surface area contributed by atoms with Gasteiger partial charge < -0.3 is 9.05 Å². The SMILES string of the molecule is Br.Cc1ccc(OP(Oc2ccc(C)cc2)C(C)(C)C)cc1. The Kier molecular flexibility index (Phi) is 6.90. The van der Waals surface area contributed by atoms with Gasteiger partial charge in [-0.3, -0.25) is 0 Å². The normalized spacial score (nSPS) is 11.0. The largest absolute Gasteiger partial charge is 0.438 e. The lowest BCUT2D eigenvalue weighted by Gasteiger charge is -2.29. The molecule has 0 aliphatic rings. The Bertz CT molecular complexity index is 526. The molecule has 22 heavy (non-hydrogen) atoms. The fraction of sp³-hybridized carbons (Fsp3) is 0.333. The van der Waals surface area contributed by atoms with Crippen molar-refractivity contribution < 1.29 is 9.05 Å². The van der Waals surface area contributed by atoms with E-state index in [1.54, 1.807) is 0 Å². The zero-order valence-electron chi connectivity index (χ0n) is 13.8. The van der Waals surface area contributed by atoms with Gasteiger partial charge in [-0.05, 0) is 58.9 Å². The molecule has 0 amide bonds. The lowest BCUT2D eigenvalue weighted by molar-refractivity contribution is 0.455. The summed E-state index contributed by atoms with van der Waals surface area (Å²) in [6, 6.07) is 16.2. The third kappa shape index (κ3) is 5.62. The van der Waals surface area contributed by atoms with Crippen LogP contribution in [0.2, 0.25) is 0 Å². The Morgan fingerprint density at radius 1 is 0.682 bits per heavy atom. The Hall–Kier alpha value is -1.05. The second kappa shape index (κ2) is 7.99. The molecule has 0 heterocycles. The molecule has 0 fully saturated rings. The molecule has 0 radical (unpaired) electrons. The molecule has 0 unspecified atom stereocenters. The van der Waals surface area contributed by atoms with Crippen molar-refractivity contribution in [2.75, 3.05) is 0 Å². The van der Waals surface area contributed by atoms with Gasteiger partial charge in [0.2, 0.25) is 0 Å². The molecule has 120 valence electrons. The van der Waals surface area contributed by atoms with Gasteiger partial charge in [-0.1, -0.05) is 35.4 Å². The maximum absolute atomic E-state index is 6.11. The second-order valence-corrected chi connectivity index (χ2v) is 8.46. The second-order valence-electron chi connectivity index (χ2n) is 6.24. The highest BCUT2D eigenvalue weighted by Crippen LogP contribution is 2.51.